The third-order valence-electron chi connectivity index (χ3n) is 5.32. The van der Waals surface area contributed by atoms with Crippen molar-refractivity contribution in [1.29, 1.82) is 0 Å². The van der Waals surface area contributed by atoms with Gasteiger partial charge in [-0.1, -0.05) is 35.9 Å². The maximum absolute atomic E-state index is 10.9. The molecule has 0 spiro atoms. The van der Waals surface area contributed by atoms with Gasteiger partial charge in [0.15, 0.2) is 0 Å². The topological polar surface area (TPSA) is 143 Å². The first-order chi connectivity index (χ1) is 18.5. The third kappa shape index (κ3) is 6.15. The SMILES string of the molecule is Cc1ccc(Nc2nc(N/N=C/c3ccc(-c4ccc([N+](=O)[O-])cc4)o3)nc(Nc3ccccc3)n2)cc1. The van der Waals surface area contributed by atoms with Crippen LogP contribution in [0.5, 0.6) is 0 Å². The molecule has 0 radical (unpaired) electrons. The summed E-state index contributed by atoms with van der Waals surface area (Å²) >= 11 is 0. The van der Waals surface area contributed by atoms with E-state index in [0.717, 1.165) is 16.9 Å². The quantitative estimate of drug-likeness (QED) is 0.119. The van der Waals surface area contributed by atoms with Crippen LogP contribution >= 0.6 is 0 Å². The maximum atomic E-state index is 10.9. The fraction of sp³-hybridized carbons (Fsp3) is 0.0370. The van der Waals surface area contributed by atoms with Gasteiger partial charge < -0.3 is 15.1 Å². The predicted molar refractivity (Wildman–Crippen MR) is 146 cm³/mol. The molecule has 0 aliphatic heterocycles. The van der Waals surface area contributed by atoms with Gasteiger partial charge in [0.05, 0.1) is 11.1 Å². The number of nitrogens with zero attached hydrogens (tertiary/aromatic N) is 5. The number of anilines is 5. The first-order valence-corrected chi connectivity index (χ1v) is 11.6. The Labute approximate surface area is 217 Å². The van der Waals surface area contributed by atoms with Crippen LogP contribution in [-0.4, -0.2) is 26.1 Å². The highest BCUT2D eigenvalue weighted by Crippen LogP contribution is 2.24. The summed E-state index contributed by atoms with van der Waals surface area (Å²) in [6.45, 7) is 2.02. The lowest BCUT2D eigenvalue weighted by molar-refractivity contribution is -0.384. The van der Waals surface area contributed by atoms with Gasteiger partial charge in [-0.3, -0.25) is 10.1 Å². The Hall–Kier alpha value is -5.58. The highest BCUT2D eigenvalue weighted by Gasteiger charge is 2.09. The van der Waals surface area contributed by atoms with Crippen LogP contribution in [-0.2, 0) is 0 Å². The molecule has 11 heteroatoms. The van der Waals surface area contributed by atoms with Gasteiger partial charge in [-0.05, 0) is 55.5 Å². The minimum Gasteiger partial charge on any atom is -0.455 e. The van der Waals surface area contributed by atoms with Gasteiger partial charge in [-0.25, -0.2) is 5.43 Å². The standard InChI is InChI=1S/C27H22N8O3/c1-18-7-11-21(12-8-18)30-26-31-25(29-20-5-3-2-4-6-20)32-27(33-26)34-28-17-23-15-16-24(38-23)19-9-13-22(14-10-19)35(36)37/h2-17H,1H3,(H3,29,30,31,32,33,34)/b28-17+. The fourth-order valence-electron chi connectivity index (χ4n) is 3.43. The predicted octanol–water partition coefficient (Wildman–Crippen LogP) is 6.28. The number of furan rings is 1. The molecule has 5 rings (SSSR count). The number of nitro benzene ring substituents is 1. The molecule has 5 aromatic rings. The number of hydrazone groups is 1. The summed E-state index contributed by atoms with van der Waals surface area (Å²) in [5.74, 6) is 1.91. The molecule has 188 valence electrons. The van der Waals surface area contributed by atoms with E-state index >= 15 is 0 Å². The summed E-state index contributed by atoms with van der Waals surface area (Å²) in [5.41, 5.74) is 6.34. The second-order valence-corrected chi connectivity index (χ2v) is 8.16. The minimum absolute atomic E-state index is 0.0148. The molecule has 0 atom stereocenters. The van der Waals surface area contributed by atoms with Gasteiger partial charge >= 0.3 is 0 Å². The molecule has 11 nitrogen and oxygen atoms in total. The number of non-ortho nitro benzene ring substituents is 1. The second-order valence-electron chi connectivity index (χ2n) is 8.16. The average Bonchev–Trinajstić information content (AvgIpc) is 3.39. The van der Waals surface area contributed by atoms with Crippen LogP contribution in [0.4, 0.5) is 34.9 Å². The Morgan fingerprint density at radius 3 is 2.08 bits per heavy atom. The van der Waals surface area contributed by atoms with E-state index in [9.17, 15) is 10.1 Å². The number of hydrogen-bond donors (Lipinski definition) is 3. The highest BCUT2D eigenvalue weighted by atomic mass is 16.6. The van der Waals surface area contributed by atoms with Crippen molar-refractivity contribution < 1.29 is 9.34 Å². The number of nitro groups is 1. The van der Waals surface area contributed by atoms with E-state index in [4.69, 9.17) is 4.42 Å². The van der Waals surface area contributed by atoms with Crippen LogP contribution in [0.3, 0.4) is 0 Å². The van der Waals surface area contributed by atoms with E-state index in [-0.39, 0.29) is 11.6 Å². The molecule has 0 bridgehead atoms. The van der Waals surface area contributed by atoms with Gasteiger partial charge in [0, 0.05) is 29.1 Å². The number of benzene rings is 3. The monoisotopic (exact) mass is 506 g/mol. The van der Waals surface area contributed by atoms with Crippen LogP contribution in [0, 0.1) is 17.0 Å². The van der Waals surface area contributed by atoms with E-state index in [2.05, 4.69) is 36.1 Å². The lowest BCUT2D eigenvalue weighted by atomic mass is 10.1. The smallest absolute Gasteiger partial charge is 0.269 e. The van der Waals surface area contributed by atoms with E-state index in [0.29, 0.717) is 29.0 Å². The Bertz CT molecular complexity index is 1570. The van der Waals surface area contributed by atoms with Crippen LogP contribution < -0.4 is 16.1 Å². The Kier molecular flexibility index (Phi) is 6.98. The molecule has 2 aromatic heterocycles. The van der Waals surface area contributed by atoms with Crippen molar-refractivity contribution in [2.24, 2.45) is 5.10 Å². The summed E-state index contributed by atoms with van der Waals surface area (Å²) in [5, 5.41) is 21.4. The molecule has 0 fully saturated rings. The van der Waals surface area contributed by atoms with E-state index in [1.54, 1.807) is 24.3 Å². The van der Waals surface area contributed by atoms with Gasteiger partial charge in [-0.15, -0.1) is 0 Å². The summed E-state index contributed by atoms with van der Waals surface area (Å²) < 4.78 is 5.79. The zero-order valence-corrected chi connectivity index (χ0v) is 20.2. The summed E-state index contributed by atoms with van der Waals surface area (Å²) in [4.78, 5) is 23.7. The van der Waals surface area contributed by atoms with Crippen LogP contribution in [0.2, 0.25) is 0 Å². The Balaban J connectivity index is 1.33. The van der Waals surface area contributed by atoms with Crippen LogP contribution in [0.25, 0.3) is 11.3 Å². The Morgan fingerprint density at radius 2 is 1.42 bits per heavy atom. The number of nitrogens with one attached hydrogen (secondary N) is 3. The van der Waals surface area contributed by atoms with E-state index in [1.807, 2.05) is 61.5 Å². The molecule has 2 heterocycles. The first kappa shape index (κ1) is 24.1. The van der Waals surface area contributed by atoms with E-state index < -0.39 is 4.92 Å². The molecule has 3 aromatic carbocycles. The van der Waals surface area contributed by atoms with Gasteiger partial charge in [0.2, 0.25) is 17.8 Å². The Morgan fingerprint density at radius 1 is 0.789 bits per heavy atom. The van der Waals surface area contributed by atoms with Crippen molar-refractivity contribution in [2.75, 3.05) is 16.1 Å². The average molecular weight is 507 g/mol. The number of aryl methyl sites for hydroxylation is 1. The normalized spacial score (nSPS) is 10.9. The van der Waals surface area contributed by atoms with Crippen LogP contribution in [0.15, 0.2) is 101 Å². The van der Waals surface area contributed by atoms with Gasteiger partial charge in [-0.2, -0.15) is 20.1 Å². The lowest BCUT2D eigenvalue weighted by Gasteiger charge is -2.10. The van der Waals surface area contributed by atoms with Gasteiger partial charge in [0.1, 0.15) is 11.5 Å². The molecular formula is C27H22N8O3. The summed E-state index contributed by atoms with van der Waals surface area (Å²) in [6, 6.07) is 27.0. The molecular weight excluding hydrogens is 484 g/mol. The number of para-hydroxylation sites is 1. The lowest BCUT2D eigenvalue weighted by Crippen LogP contribution is -2.07. The highest BCUT2D eigenvalue weighted by molar-refractivity contribution is 5.78. The fourth-order valence-corrected chi connectivity index (χ4v) is 3.43. The largest absolute Gasteiger partial charge is 0.455 e. The number of aromatic nitrogens is 3. The molecule has 0 aliphatic carbocycles. The summed E-state index contributed by atoms with van der Waals surface area (Å²) in [6.07, 6.45) is 1.48. The molecule has 38 heavy (non-hydrogen) atoms. The zero-order chi connectivity index (χ0) is 26.3. The maximum Gasteiger partial charge on any atom is 0.269 e. The summed E-state index contributed by atoms with van der Waals surface area (Å²) in [7, 11) is 0. The molecule has 0 saturated carbocycles. The number of rotatable bonds is 9. The van der Waals surface area contributed by atoms with Crippen molar-refractivity contribution in [2.45, 2.75) is 6.92 Å². The molecule has 0 unspecified atom stereocenters. The van der Waals surface area contributed by atoms with Crippen molar-refractivity contribution >= 4 is 41.1 Å². The van der Waals surface area contributed by atoms with Crippen molar-refractivity contribution in [3.63, 3.8) is 0 Å². The van der Waals surface area contributed by atoms with Crippen molar-refractivity contribution in [3.05, 3.63) is 112 Å². The second kappa shape index (κ2) is 11.0. The molecule has 0 aliphatic rings. The van der Waals surface area contributed by atoms with Crippen molar-refractivity contribution in [3.8, 4) is 11.3 Å². The molecule has 0 saturated heterocycles. The molecule has 3 N–H and O–H groups in total. The van der Waals surface area contributed by atoms with Crippen molar-refractivity contribution in [1.82, 2.24) is 15.0 Å². The minimum atomic E-state index is -0.445. The third-order valence-corrected chi connectivity index (χ3v) is 5.32. The van der Waals surface area contributed by atoms with Crippen LogP contribution in [0.1, 0.15) is 11.3 Å². The zero-order valence-electron chi connectivity index (χ0n) is 20.2. The van der Waals surface area contributed by atoms with Gasteiger partial charge in [0.25, 0.3) is 5.69 Å². The number of hydrogen-bond acceptors (Lipinski definition) is 10. The van der Waals surface area contributed by atoms with E-state index in [1.165, 1.54) is 18.3 Å². The molecule has 0 amide bonds. The first-order valence-electron chi connectivity index (χ1n) is 11.6.